The van der Waals surface area contributed by atoms with Crippen LogP contribution >= 0.6 is 11.3 Å². The van der Waals surface area contributed by atoms with Gasteiger partial charge in [-0.25, -0.2) is 13.6 Å². The van der Waals surface area contributed by atoms with E-state index in [0.717, 1.165) is 28.2 Å². The number of sulfonamides is 1. The number of primary sulfonamides is 1. The van der Waals surface area contributed by atoms with Crippen molar-refractivity contribution in [2.45, 2.75) is 23.1 Å². The number of benzene rings is 1. The summed E-state index contributed by atoms with van der Waals surface area (Å²) in [5.74, 6) is -0.127. The number of nitrogens with two attached hydrogens (primary N) is 1. The summed E-state index contributed by atoms with van der Waals surface area (Å²) in [6, 6.07) is 11.0. The highest BCUT2D eigenvalue weighted by Crippen LogP contribution is 2.34. The summed E-state index contributed by atoms with van der Waals surface area (Å²) >= 11 is 1.08. The Labute approximate surface area is 126 Å². The molecule has 21 heavy (non-hydrogen) atoms. The summed E-state index contributed by atoms with van der Waals surface area (Å²) in [6.07, 6.45) is 0.759. The fourth-order valence-corrected chi connectivity index (χ4v) is 4.11. The topological polar surface area (TPSA) is 89.3 Å². The molecule has 1 unspecified atom stereocenters. The number of hydrogen-bond donors (Lipinski definition) is 2. The van der Waals surface area contributed by atoms with Gasteiger partial charge in [-0.2, -0.15) is 0 Å². The van der Waals surface area contributed by atoms with Crippen molar-refractivity contribution in [2.24, 2.45) is 5.14 Å². The number of hydrogen-bond acceptors (Lipinski definition) is 4. The molecule has 1 atom stereocenters. The Morgan fingerprint density at radius 3 is 2.71 bits per heavy atom. The van der Waals surface area contributed by atoms with Crippen molar-refractivity contribution >= 4 is 27.3 Å². The molecular weight excluding hydrogens is 308 g/mol. The van der Waals surface area contributed by atoms with Gasteiger partial charge in [-0.1, -0.05) is 24.3 Å². The van der Waals surface area contributed by atoms with E-state index in [9.17, 15) is 13.2 Å². The summed E-state index contributed by atoms with van der Waals surface area (Å²) in [5, 5.41) is 7.90. The summed E-state index contributed by atoms with van der Waals surface area (Å²) in [5.41, 5.74) is 2.29. The Morgan fingerprint density at radius 2 is 2.05 bits per heavy atom. The number of amides is 1. The molecule has 110 valence electrons. The van der Waals surface area contributed by atoms with Crippen LogP contribution < -0.4 is 10.5 Å². The van der Waals surface area contributed by atoms with E-state index >= 15 is 0 Å². The van der Waals surface area contributed by atoms with Crippen molar-refractivity contribution in [3.63, 3.8) is 0 Å². The molecule has 1 amide bonds. The molecule has 1 aromatic carbocycles. The Morgan fingerprint density at radius 1 is 1.29 bits per heavy atom. The van der Waals surface area contributed by atoms with E-state index < -0.39 is 10.0 Å². The fourth-order valence-electron chi connectivity index (χ4n) is 2.40. The largest absolute Gasteiger partial charge is 0.351 e. The normalized spacial score (nSPS) is 16.9. The van der Waals surface area contributed by atoms with E-state index in [2.05, 4.69) is 5.32 Å². The van der Waals surface area contributed by atoms with Crippen LogP contribution in [0.1, 0.15) is 21.9 Å². The van der Waals surface area contributed by atoms with E-state index in [-0.39, 0.29) is 16.0 Å². The fraction of sp³-hybridized carbons (Fsp3) is 0.214. The maximum Gasteiger partial charge on any atom is 0.247 e. The SMILES string of the molecule is NS(=O)(=O)c1ccc(CNC(=O)C2Cc3ccccc32)s1. The van der Waals surface area contributed by atoms with Gasteiger partial charge in [0.15, 0.2) is 0 Å². The first kappa shape index (κ1) is 14.2. The van der Waals surface area contributed by atoms with Gasteiger partial charge in [0, 0.05) is 4.88 Å². The van der Waals surface area contributed by atoms with Crippen molar-refractivity contribution < 1.29 is 13.2 Å². The molecule has 0 fully saturated rings. The molecule has 3 N–H and O–H groups in total. The van der Waals surface area contributed by atoms with Crippen molar-refractivity contribution in [1.82, 2.24) is 5.32 Å². The maximum atomic E-state index is 12.1. The van der Waals surface area contributed by atoms with Crippen molar-refractivity contribution in [3.05, 3.63) is 52.4 Å². The molecule has 2 aromatic rings. The van der Waals surface area contributed by atoms with Crippen LogP contribution in [0.2, 0.25) is 0 Å². The number of thiophene rings is 1. The predicted octanol–water partition coefficient (Wildman–Crippen LogP) is 1.35. The highest BCUT2D eigenvalue weighted by Gasteiger charge is 2.31. The lowest BCUT2D eigenvalue weighted by atomic mass is 9.77. The third-order valence-corrected chi connectivity index (χ3v) is 6.05. The first-order valence-electron chi connectivity index (χ1n) is 6.42. The third-order valence-electron chi connectivity index (χ3n) is 3.53. The van der Waals surface area contributed by atoms with Gasteiger partial charge in [-0.15, -0.1) is 11.3 Å². The summed E-state index contributed by atoms with van der Waals surface area (Å²) < 4.78 is 22.5. The zero-order valence-corrected chi connectivity index (χ0v) is 12.7. The lowest BCUT2D eigenvalue weighted by Crippen LogP contribution is -2.34. The minimum absolute atomic E-state index is 0.0285. The molecule has 7 heteroatoms. The highest BCUT2D eigenvalue weighted by atomic mass is 32.2. The van der Waals surface area contributed by atoms with Gasteiger partial charge in [0.25, 0.3) is 0 Å². The van der Waals surface area contributed by atoms with Gasteiger partial charge in [-0.3, -0.25) is 4.79 Å². The minimum atomic E-state index is -3.66. The van der Waals surface area contributed by atoms with Crippen molar-refractivity contribution in [3.8, 4) is 0 Å². The van der Waals surface area contributed by atoms with Crippen molar-refractivity contribution in [1.29, 1.82) is 0 Å². The van der Waals surface area contributed by atoms with Crippen LogP contribution in [0.3, 0.4) is 0 Å². The molecule has 0 radical (unpaired) electrons. The lowest BCUT2D eigenvalue weighted by molar-refractivity contribution is -0.123. The molecule has 5 nitrogen and oxygen atoms in total. The number of carbonyl (C=O) groups excluding carboxylic acids is 1. The molecule has 0 saturated heterocycles. The Kier molecular flexibility index (Phi) is 3.56. The van der Waals surface area contributed by atoms with Crippen LogP contribution in [0, 0.1) is 0 Å². The predicted molar refractivity (Wildman–Crippen MR) is 80.4 cm³/mol. The molecule has 1 aromatic heterocycles. The Bertz CT molecular complexity index is 796. The maximum absolute atomic E-state index is 12.1. The Balaban J connectivity index is 1.62. The van der Waals surface area contributed by atoms with Crippen LogP contribution in [0.4, 0.5) is 0 Å². The third kappa shape index (κ3) is 2.85. The van der Waals surface area contributed by atoms with E-state index in [1.807, 2.05) is 24.3 Å². The molecule has 3 rings (SSSR count). The smallest absolute Gasteiger partial charge is 0.247 e. The summed E-state index contributed by atoms with van der Waals surface area (Å²) in [4.78, 5) is 12.9. The summed E-state index contributed by atoms with van der Waals surface area (Å²) in [7, 11) is -3.66. The summed E-state index contributed by atoms with van der Waals surface area (Å²) in [6.45, 7) is 0.317. The van der Waals surface area contributed by atoms with Crippen molar-refractivity contribution in [2.75, 3.05) is 0 Å². The van der Waals surface area contributed by atoms with Crippen LogP contribution in [0.25, 0.3) is 0 Å². The first-order chi connectivity index (χ1) is 9.95. The van der Waals surface area contributed by atoms with Crippen LogP contribution in [-0.2, 0) is 27.8 Å². The molecule has 0 saturated carbocycles. The van der Waals surface area contributed by atoms with Gasteiger partial charge in [-0.05, 0) is 29.7 Å². The van der Waals surface area contributed by atoms with E-state index in [1.165, 1.54) is 11.6 Å². The molecular formula is C14H14N2O3S2. The number of fused-ring (bicyclic) bond motifs is 1. The van der Waals surface area contributed by atoms with E-state index in [4.69, 9.17) is 5.14 Å². The first-order valence-corrected chi connectivity index (χ1v) is 8.78. The highest BCUT2D eigenvalue weighted by molar-refractivity contribution is 7.91. The van der Waals surface area contributed by atoms with E-state index in [1.54, 1.807) is 6.07 Å². The van der Waals surface area contributed by atoms with Gasteiger partial charge >= 0.3 is 0 Å². The molecule has 0 aliphatic heterocycles. The van der Waals surface area contributed by atoms with Crippen LogP contribution in [0.15, 0.2) is 40.6 Å². The Hall–Kier alpha value is -1.70. The average molecular weight is 322 g/mol. The zero-order chi connectivity index (χ0) is 15.0. The molecule has 1 aliphatic carbocycles. The molecule has 1 heterocycles. The zero-order valence-electron chi connectivity index (χ0n) is 11.1. The average Bonchev–Trinajstić information content (AvgIpc) is 2.86. The second kappa shape index (κ2) is 5.25. The second-order valence-electron chi connectivity index (χ2n) is 4.94. The second-order valence-corrected chi connectivity index (χ2v) is 7.90. The van der Waals surface area contributed by atoms with Crippen LogP contribution in [-0.4, -0.2) is 14.3 Å². The van der Waals surface area contributed by atoms with E-state index in [0.29, 0.717) is 6.54 Å². The molecule has 0 bridgehead atoms. The quantitative estimate of drug-likeness (QED) is 0.890. The van der Waals surface area contributed by atoms with Crippen LogP contribution in [0.5, 0.6) is 0 Å². The number of rotatable bonds is 4. The molecule has 0 spiro atoms. The van der Waals surface area contributed by atoms with Gasteiger partial charge in [0.05, 0.1) is 12.5 Å². The van der Waals surface area contributed by atoms with Gasteiger partial charge in [0.2, 0.25) is 15.9 Å². The standard InChI is InChI=1S/C14H14N2O3S2/c15-21(18,19)13-6-5-10(20-13)8-16-14(17)12-7-9-3-1-2-4-11(9)12/h1-6,12H,7-8H2,(H,16,17)(H2,15,18,19). The number of nitrogens with one attached hydrogen (secondary N) is 1. The van der Waals surface area contributed by atoms with Gasteiger partial charge in [0.1, 0.15) is 4.21 Å². The number of carbonyl (C=O) groups is 1. The molecule has 1 aliphatic rings. The minimum Gasteiger partial charge on any atom is -0.351 e. The lowest BCUT2D eigenvalue weighted by Gasteiger charge is -2.28. The monoisotopic (exact) mass is 322 g/mol. The van der Waals surface area contributed by atoms with Gasteiger partial charge < -0.3 is 5.32 Å².